The van der Waals surface area contributed by atoms with Crippen LogP contribution in [0.5, 0.6) is 0 Å². The fraction of sp³-hybridized carbons (Fsp3) is 0.286. The molecule has 0 aliphatic carbocycles. The Morgan fingerprint density at radius 3 is 2.35 bits per heavy atom. The Morgan fingerprint density at radius 1 is 1.03 bits per heavy atom. The number of hydrogen-bond acceptors (Lipinski definition) is 3. The lowest BCUT2D eigenvalue weighted by atomic mass is 9.89. The number of hydrogen-bond donors (Lipinski definition) is 0. The van der Waals surface area contributed by atoms with Gasteiger partial charge in [0.25, 0.3) is 0 Å². The Bertz CT molecular complexity index is 1400. The molecule has 3 aromatic rings. The first-order valence-corrected chi connectivity index (χ1v) is 14.8. The van der Waals surface area contributed by atoms with Gasteiger partial charge in [0, 0.05) is 35.6 Å². The predicted octanol–water partition coefficient (Wildman–Crippen LogP) is 6.62. The number of Topliss-reactive ketones (excluding diaryl/α,β-unsaturated/α-hetero) is 1. The molecule has 3 aromatic carbocycles. The van der Waals surface area contributed by atoms with Crippen LogP contribution in [0.25, 0.3) is 11.1 Å². The highest BCUT2D eigenvalue weighted by molar-refractivity contribution is 7.70. The summed E-state index contributed by atoms with van der Waals surface area (Å²) in [4.78, 5) is 26.8. The summed E-state index contributed by atoms with van der Waals surface area (Å²) in [7, 11) is -2.72. The van der Waals surface area contributed by atoms with E-state index in [0.29, 0.717) is 23.7 Å². The van der Waals surface area contributed by atoms with Crippen molar-refractivity contribution in [1.82, 2.24) is 0 Å². The summed E-state index contributed by atoms with van der Waals surface area (Å²) in [5.74, 6) is -4.11. The molecule has 194 valence electrons. The zero-order chi connectivity index (χ0) is 26.9. The highest BCUT2D eigenvalue weighted by Crippen LogP contribution is 2.40. The van der Waals surface area contributed by atoms with Gasteiger partial charge in [-0.15, -0.1) is 0 Å². The molecule has 0 aromatic heterocycles. The van der Waals surface area contributed by atoms with Crippen LogP contribution >= 0.6 is 18.7 Å². The topological polar surface area (TPSA) is 54.5 Å². The first kappa shape index (κ1) is 27.2. The number of rotatable bonds is 7. The second kappa shape index (κ2) is 10.8. The minimum absolute atomic E-state index is 0.109. The van der Waals surface area contributed by atoms with E-state index < -0.39 is 42.1 Å². The Morgan fingerprint density at radius 2 is 1.70 bits per heavy atom. The number of nitrogens with zero attached hydrogens (tertiary/aromatic N) is 1. The quantitative estimate of drug-likeness (QED) is 0.313. The normalized spacial score (nSPS) is 16.2. The second-order valence-corrected chi connectivity index (χ2v) is 13.3. The average molecular weight is 548 g/mol. The fourth-order valence-corrected chi connectivity index (χ4v) is 6.14. The van der Waals surface area contributed by atoms with E-state index in [9.17, 15) is 18.5 Å². The molecule has 0 bridgehead atoms. The highest BCUT2D eigenvalue weighted by Gasteiger charge is 2.34. The molecule has 1 aliphatic rings. The van der Waals surface area contributed by atoms with Gasteiger partial charge in [-0.1, -0.05) is 41.9 Å². The number of carbonyl (C=O) groups is 2. The third-order valence-electron chi connectivity index (χ3n) is 6.51. The maximum atomic E-state index is 15.3. The van der Waals surface area contributed by atoms with Crippen LogP contribution in [0.1, 0.15) is 24.8 Å². The number of ketones is 1. The van der Waals surface area contributed by atoms with E-state index in [1.54, 1.807) is 37.6 Å². The second-order valence-electron chi connectivity index (χ2n) is 9.64. The van der Waals surface area contributed by atoms with Crippen LogP contribution in [0.15, 0.2) is 54.6 Å². The van der Waals surface area contributed by atoms with Crippen LogP contribution in [0, 0.1) is 23.4 Å². The summed E-state index contributed by atoms with van der Waals surface area (Å²) in [5.41, 5.74) is 0.386. The van der Waals surface area contributed by atoms with Gasteiger partial charge in [0.05, 0.1) is 0 Å². The largest absolute Gasteiger partial charge is 0.319 e. The molecular formula is C28H26ClF3NO3P. The molecule has 1 atom stereocenters. The molecule has 4 nitrogen and oxygen atoms in total. The van der Waals surface area contributed by atoms with Gasteiger partial charge >= 0.3 is 0 Å². The lowest BCUT2D eigenvalue weighted by Crippen LogP contribution is -2.43. The Balaban J connectivity index is 1.56. The van der Waals surface area contributed by atoms with Crippen molar-refractivity contribution < 1.29 is 27.3 Å². The van der Waals surface area contributed by atoms with Crippen LogP contribution in [0.4, 0.5) is 18.9 Å². The minimum atomic E-state index is -2.72. The van der Waals surface area contributed by atoms with Crippen molar-refractivity contribution in [3.8, 4) is 11.1 Å². The summed E-state index contributed by atoms with van der Waals surface area (Å²) in [5, 5.41) is 0.718. The summed E-state index contributed by atoms with van der Waals surface area (Å²) in [6.45, 7) is 3.28. The van der Waals surface area contributed by atoms with E-state index in [-0.39, 0.29) is 41.3 Å². The molecule has 9 heteroatoms. The van der Waals surface area contributed by atoms with Crippen molar-refractivity contribution in [2.45, 2.75) is 25.7 Å². The van der Waals surface area contributed by atoms with E-state index in [1.807, 2.05) is 0 Å². The van der Waals surface area contributed by atoms with Crippen LogP contribution in [-0.4, -0.2) is 31.6 Å². The average Bonchev–Trinajstić information content (AvgIpc) is 2.82. The van der Waals surface area contributed by atoms with Gasteiger partial charge < -0.3 is 9.46 Å². The van der Waals surface area contributed by atoms with E-state index in [2.05, 4.69) is 0 Å². The van der Waals surface area contributed by atoms with Gasteiger partial charge in [-0.3, -0.25) is 9.59 Å². The molecule has 0 N–H and O–H groups in total. The van der Waals surface area contributed by atoms with Gasteiger partial charge in [-0.25, -0.2) is 13.2 Å². The Labute approximate surface area is 218 Å². The molecule has 1 heterocycles. The van der Waals surface area contributed by atoms with E-state index in [0.717, 1.165) is 23.1 Å². The molecule has 1 fully saturated rings. The molecule has 0 radical (unpaired) electrons. The van der Waals surface area contributed by atoms with Crippen molar-refractivity contribution in [2.75, 3.05) is 24.8 Å². The van der Waals surface area contributed by atoms with Crippen LogP contribution < -0.4 is 10.2 Å². The molecule has 1 amide bonds. The number of piperidine rings is 1. The van der Waals surface area contributed by atoms with Crippen molar-refractivity contribution in [3.05, 3.63) is 82.6 Å². The van der Waals surface area contributed by atoms with Crippen molar-refractivity contribution >= 4 is 41.4 Å². The van der Waals surface area contributed by atoms with Gasteiger partial charge in [-0.05, 0) is 67.1 Å². The molecule has 37 heavy (non-hydrogen) atoms. The molecule has 0 saturated carbocycles. The molecule has 0 unspecified atom stereocenters. The zero-order valence-corrected chi connectivity index (χ0v) is 22.1. The lowest BCUT2D eigenvalue weighted by Gasteiger charge is -2.32. The Kier molecular flexibility index (Phi) is 7.96. The van der Waals surface area contributed by atoms with Gasteiger partial charge in [0.1, 0.15) is 24.4 Å². The monoisotopic (exact) mass is 547 g/mol. The van der Waals surface area contributed by atoms with Crippen molar-refractivity contribution in [3.63, 3.8) is 0 Å². The summed E-state index contributed by atoms with van der Waals surface area (Å²) in [6.07, 6.45) is 0.481. The third kappa shape index (κ3) is 6.00. The molecular weight excluding hydrogens is 522 g/mol. The van der Waals surface area contributed by atoms with Gasteiger partial charge in [0.2, 0.25) is 5.91 Å². The molecule has 1 saturated heterocycles. The number of amides is 1. The standard InChI is InChI=1S/C28H26ClF3NO3P/c1-37(2,36)26-8-4-3-7-22(26)19-14-24(31)27(25(32)15-19)33-11-5-6-18(28(33)35)13-21(34)12-17-9-10-20(29)16-23(17)30/h3-4,7-10,14-16,18H,5-6,11-13H2,1-2H3/t18-/m0/s1. The number of benzene rings is 3. The SMILES string of the molecule is CP(C)(=O)c1ccccc1-c1cc(F)c(N2CCC[C@@H](CC(=O)Cc3ccc(Cl)cc3F)C2=O)c(F)c1. The summed E-state index contributed by atoms with van der Waals surface area (Å²) >= 11 is 5.75. The van der Waals surface area contributed by atoms with Gasteiger partial charge in [0.15, 0.2) is 11.6 Å². The first-order chi connectivity index (χ1) is 17.5. The molecule has 0 spiro atoms. The number of carbonyl (C=O) groups excluding carboxylic acids is 2. The van der Waals surface area contributed by atoms with Gasteiger partial charge in [-0.2, -0.15) is 0 Å². The lowest BCUT2D eigenvalue weighted by molar-refractivity contribution is -0.128. The van der Waals surface area contributed by atoms with E-state index in [4.69, 9.17) is 11.6 Å². The first-order valence-electron chi connectivity index (χ1n) is 11.9. The number of halogens is 4. The maximum absolute atomic E-state index is 15.3. The predicted molar refractivity (Wildman–Crippen MR) is 141 cm³/mol. The molecule has 4 rings (SSSR count). The minimum Gasteiger partial charge on any atom is -0.319 e. The summed E-state index contributed by atoms with van der Waals surface area (Å²) in [6, 6.07) is 13.0. The Hall–Kier alpha value is -2.89. The van der Waals surface area contributed by atoms with Crippen LogP contribution in [-0.2, 0) is 20.6 Å². The van der Waals surface area contributed by atoms with Crippen molar-refractivity contribution in [1.29, 1.82) is 0 Å². The maximum Gasteiger partial charge on any atom is 0.230 e. The fourth-order valence-electron chi connectivity index (χ4n) is 4.75. The third-order valence-corrected chi connectivity index (χ3v) is 8.29. The molecule has 1 aliphatic heterocycles. The summed E-state index contributed by atoms with van der Waals surface area (Å²) < 4.78 is 57.4. The number of anilines is 1. The van der Waals surface area contributed by atoms with E-state index >= 15 is 8.78 Å². The van der Waals surface area contributed by atoms with Crippen LogP contribution in [0.3, 0.4) is 0 Å². The van der Waals surface area contributed by atoms with Crippen molar-refractivity contribution in [2.24, 2.45) is 5.92 Å². The zero-order valence-electron chi connectivity index (χ0n) is 20.4. The highest BCUT2D eigenvalue weighted by atomic mass is 35.5. The van der Waals surface area contributed by atoms with Crippen LogP contribution in [0.2, 0.25) is 5.02 Å². The smallest absolute Gasteiger partial charge is 0.230 e. The van der Waals surface area contributed by atoms with E-state index in [1.165, 1.54) is 12.1 Å².